The zero-order valence-electron chi connectivity index (χ0n) is 27.9. The molecule has 3 aromatic heterocycles. The van der Waals surface area contributed by atoms with Gasteiger partial charge < -0.3 is 35.1 Å². The van der Waals surface area contributed by atoms with Crippen molar-refractivity contribution in [3.05, 3.63) is 23.1 Å². The molecule has 4 aliphatic heterocycles. The van der Waals surface area contributed by atoms with E-state index >= 15 is 4.39 Å². The van der Waals surface area contributed by atoms with Crippen molar-refractivity contribution < 1.29 is 31.8 Å². The lowest BCUT2D eigenvalue weighted by Crippen LogP contribution is -2.62. The maximum atomic E-state index is 16.8. The van der Waals surface area contributed by atoms with Crippen LogP contribution in [-0.4, -0.2) is 95.1 Å². The number of hydrogen-bond acceptors (Lipinski definition) is 11. The van der Waals surface area contributed by atoms with Gasteiger partial charge in [-0.25, -0.2) is 14.4 Å². The van der Waals surface area contributed by atoms with E-state index in [1.807, 2.05) is 6.92 Å². The number of rotatable bonds is 8. The Bertz CT molecular complexity index is 1770. The normalized spacial score (nSPS) is 27.2. The third-order valence-corrected chi connectivity index (χ3v) is 10.8. The molecule has 1 saturated carbocycles. The molecule has 5 atom stereocenters. The van der Waals surface area contributed by atoms with E-state index in [0.717, 1.165) is 64.3 Å². The number of nitrogen functional groups attached to an aromatic ring is 1. The second-order valence-corrected chi connectivity index (χ2v) is 14.7. The van der Waals surface area contributed by atoms with Crippen LogP contribution >= 0.6 is 0 Å². The zero-order chi connectivity index (χ0) is 34.2. The van der Waals surface area contributed by atoms with Gasteiger partial charge in [0.25, 0.3) is 0 Å². The van der Waals surface area contributed by atoms with Crippen molar-refractivity contribution in [2.45, 2.75) is 95.3 Å². The average molecular weight is 687 g/mol. The quantitative estimate of drug-likeness (QED) is 0.315. The van der Waals surface area contributed by atoms with E-state index in [1.54, 1.807) is 0 Å². The van der Waals surface area contributed by atoms with E-state index in [-0.39, 0.29) is 63.9 Å². The first-order chi connectivity index (χ1) is 23.4. The highest BCUT2D eigenvalue weighted by Gasteiger charge is 2.48. The number of ether oxygens (including phenoxy) is 3. The van der Waals surface area contributed by atoms with Crippen molar-refractivity contribution in [2.75, 3.05) is 50.5 Å². The van der Waals surface area contributed by atoms with Crippen molar-refractivity contribution in [2.24, 2.45) is 5.41 Å². The Labute approximate surface area is 281 Å². The molecule has 1 aliphatic carbocycles. The summed E-state index contributed by atoms with van der Waals surface area (Å²) in [6.45, 7) is 6.45. The van der Waals surface area contributed by atoms with Gasteiger partial charge in [0.2, 0.25) is 5.88 Å². The van der Waals surface area contributed by atoms with Crippen LogP contribution in [0, 0.1) is 18.2 Å². The number of halogens is 4. The molecule has 4 fully saturated rings. The number of nitrogens with two attached hydrogens (primary N) is 1. The van der Waals surface area contributed by atoms with Gasteiger partial charge in [-0.3, -0.25) is 0 Å². The van der Waals surface area contributed by atoms with Crippen LogP contribution in [0.25, 0.3) is 22.2 Å². The molecule has 2 bridgehead atoms. The first-order valence-electron chi connectivity index (χ1n) is 17.3. The standard InChI is InChI=1S/C34H42F4N8O3/c1-17-25(34(36,37)38)21(12-23(39)40-17)27-26(35)28-24-30(46-13-19-7-8-22(41-19)29(46)18(2)49-31(24)42-27)44-32(43-28)48-16-33(9-10-33)15-45(3)14-20-6-4-5-11-47-20/h12,18-20,22,29,41H,4-11,13-16H2,1-3H3,(H2,39,40)/t18-,19+,20?,22-,29+/m0/s1. The van der Waals surface area contributed by atoms with Gasteiger partial charge in [0, 0.05) is 49.3 Å². The summed E-state index contributed by atoms with van der Waals surface area (Å²) in [5.41, 5.74) is 2.98. The molecule has 3 aromatic rings. The molecule has 7 heterocycles. The average Bonchev–Trinajstić information content (AvgIpc) is 3.73. The third-order valence-electron chi connectivity index (χ3n) is 10.8. The number of aryl methyl sites for hydroxylation is 1. The van der Waals surface area contributed by atoms with E-state index in [4.69, 9.17) is 24.9 Å². The number of nitrogens with one attached hydrogen (secondary N) is 1. The van der Waals surface area contributed by atoms with Crippen molar-refractivity contribution in [1.82, 2.24) is 30.2 Å². The maximum Gasteiger partial charge on any atom is 0.418 e. The summed E-state index contributed by atoms with van der Waals surface area (Å²) in [6, 6.07) is 1.07. The van der Waals surface area contributed by atoms with Gasteiger partial charge in [-0.15, -0.1) is 0 Å². The van der Waals surface area contributed by atoms with Crippen LogP contribution in [0.2, 0.25) is 0 Å². The van der Waals surface area contributed by atoms with E-state index in [2.05, 4.69) is 37.1 Å². The Kier molecular flexibility index (Phi) is 8.02. The molecule has 49 heavy (non-hydrogen) atoms. The number of pyridine rings is 2. The van der Waals surface area contributed by atoms with Gasteiger partial charge in [0.1, 0.15) is 34.3 Å². The number of aromatic nitrogens is 4. The van der Waals surface area contributed by atoms with Crippen molar-refractivity contribution in [3.63, 3.8) is 0 Å². The highest BCUT2D eigenvalue weighted by atomic mass is 19.4. The number of hydrogen-bond donors (Lipinski definition) is 2. The van der Waals surface area contributed by atoms with Crippen LogP contribution in [-0.2, 0) is 10.9 Å². The molecule has 0 radical (unpaired) electrons. The number of piperazine rings is 1. The van der Waals surface area contributed by atoms with Crippen LogP contribution in [0.3, 0.4) is 0 Å². The number of fused-ring (bicyclic) bond motifs is 5. The lowest BCUT2D eigenvalue weighted by Gasteiger charge is -2.42. The lowest BCUT2D eigenvalue weighted by atomic mass is 9.99. The smallest absolute Gasteiger partial charge is 0.418 e. The van der Waals surface area contributed by atoms with Crippen molar-refractivity contribution >= 4 is 22.5 Å². The molecular weight excluding hydrogens is 644 g/mol. The molecule has 3 N–H and O–H groups in total. The Morgan fingerprint density at radius 1 is 1.14 bits per heavy atom. The van der Waals surface area contributed by atoms with Gasteiger partial charge in [0.15, 0.2) is 5.82 Å². The predicted octanol–water partition coefficient (Wildman–Crippen LogP) is 4.89. The molecule has 0 spiro atoms. The largest absolute Gasteiger partial charge is 0.472 e. The molecule has 0 aromatic carbocycles. The van der Waals surface area contributed by atoms with Gasteiger partial charge in [-0.2, -0.15) is 23.1 Å². The summed E-state index contributed by atoms with van der Waals surface area (Å²) in [6.07, 6.45) is 2.09. The van der Waals surface area contributed by atoms with E-state index in [9.17, 15) is 13.2 Å². The fourth-order valence-electron chi connectivity index (χ4n) is 8.45. The monoisotopic (exact) mass is 686 g/mol. The molecule has 264 valence electrons. The minimum absolute atomic E-state index is 0.0305. The first kappa shape index (κ1) is 32.6. The second-order valence-electron chi connectivity index (χ2n) is 14.7. The Morgan fingerprint density at radius 3 is 2.69 bits per heavy atom. The molecule has 11 nitrogen and oxygen atoms in total. The number of nitrogens with zero attached hydrogens (tertiary/aromatic N) is 6. The number of likely N-dealkylation sites (N-methyl/N-ethyl adjacent to an activating group) is 1. The van der Waals surface area contributed by atoms with Crippen LogP contribution < -0.4 is 25.4 Å². The Balaban J connectivity index is 1.20. The predicted molar refractivity (Wildman–Crippen MR) is 174 cm³/mol. The molecule has 0 amide bonds. The number of anilines is 2. The van der Waals surface area contributed by atoms with Gasteiger partial charge in [-0.05, 0) is 71.9 Å². The third kappa shape index (κ3) is 6.01. The van der Waals surface area contributed by atoms with Crippen molar-refractivity contribution in [1.29, 1.82) is 0 Å². The van der Waals surface area contributed by atoms with Gasteiger partial charge in [-0.1, -0.05) is 0 Å². The first-order valence-corrected chi connectivity index (χ1v) is 17.3. The van der Waals surface area contributed by atoms with E-state index in [0.29, 0.717) is 19.0 Å². The van der Waals surface area contributed by atoms with Crippen LogP contribution in [0.5, 0.6) is 11.9 Å². The lowest BCUT2D eigenvalue weighted by molar-refractivity contribution is -0.137. The Hall–Kier alpha value is -3.56. The minimum atomic E-state index is -4.85. The summed E-state index contributed by atoms with van der Waals surface area (Å²) in [4.78, 5) is 22.1. The van der Waals surface area contributed by atoms with Crippen LogP contribution in [0.1, 0.15) is 63.1 Å². The fraction of sp³-hybridized carbons (Fsp3) is 0.647. The zero-order valence-corrected chi connectivity index (χ0v) is 27.9. The maximum absolute atomic E-state index is 16.8. The fourth-order valence-corrected chi connectivity index (χ4v) is 8.45. The highest BCUT2D eigenvalue weighted by Crippen LogP contribution is 2.48. The molecule has 1 unspecified atom stereocenters. The van der Waals surface area contributed by atoms with Crippen molar-refractivity contribution in [3.8, 4) is 23.1 Å². The molecular formula is C34H42F4N8O3. The minimum Gasteiger partial charge on any atom is -0.472 e. The van der Waals surface area contributed by atoms with Crippen LogP contribution in [0.15, 0.2) is 6.07 Å². The summed E-state index contributed by atoms with van der Waals surface area (Å²) in [7, 11) is 2.09. The SMILES string of the molecule is Cc1nc(N)cc(-c2nc3c4c(nc(OCC5(CN(C)CC6CCCCO6)CC5)nc4c2F)N2C[C@H]4CC[C@H](N4)[C@H]2[C@H](C)O3)c1C(F)(F)F. The number of alkyl halides is 3. The van der Waals surface area contributed by atoms with Gasteiger partial charge in [0.05, 0.1) is 30.0 Å². The molecule has 8 rings (SSSR count). The summed E-state index contributed by atoms with van der Waals surface area (Å²) >= 11 is 0. The van der Waals surface area contributed by atoms with E-state index < -0.39 is 34.9 Å². The summed E-state index contributed by atoms with van der Waals surface area (Å²) in [5.74, 6) is -0.845. The highest BCUT2D eigenvalue weighted by molar-refractivity contribution is 5.97. The second kappa shape index (κ2) is 12.0. The molecule has 15 heteroatoms. The molecule has 5 aliphatic rings. The Morgan fingerprint density at radius 2 is 1.96 bits per heavy atom. The van der Waals surface area contributed by atoms with Crippen LogP contribution in [0.4, 0.5) is 29.2 Å². The molecule has 3 saturated heterocycles. The summed E-state index contributed by atoms with van der Waals surface area (Å²) < 4.78 is 78.7. The van der Waals surface area contributed by atoms with Gasteiger partial charge >= 0.3 is 12.2 Å². The topological polar surface area (TPSA) is 124 Å². The summed E-state index contributed by atoms with van der Waals surface area (Å²) in [5, 5.41) is 3.87. The van der Waals surface area contributed by atoms with E-state index in [1.165, 1.54) is 13.3 Å².